The highest BCUT2D eigenvalue weighted by Gasteiger charge is 2.42. The highest BCUT2D eigenvalue weighted by Crippen LogP contribution is 2.43. The van der Waals surface area contributed by atoms with E-state index in [9.17, 15) is 14.9 Å². The molecule has 0 bridgehead atoms. The number of nitrogens with one attached hydrogen (secondary N) is 1. The molecule has 0 spiro atoms. The molecule has 9 heteroatoms. The molecule has 0 radical (unpaired) electrons. The van der Waals surface area contributed by atoms with Gasteiger partial charge in [0.2, 0.25) is 0 Å². The fraction of sp³-hybridized carbons (Fsp3) is 0.0909. The zero-order chi connectivity index (χ0) is 21.5. The molecule has 0 saturated carbocycles. The van der Waals surface area contributed by atoms with Crippen molar-refractivity contribution in [2.45, 2.75) is 12.6 Å². The van der Waals surface area contributed by atoms with Crippen LogP contribution in [0.2, 0.25) is 5.02 Å². The number of nitro benzene ring substituents is 1. The number of H-pyrrole nitrogens is 1. The van der Waals surface area contributed by atoms with Crippen LogP contribution >= 0.6 is 11.6 Å². The molecule has 1 aliphatic heterocycles. The molecular formula is C22H15ClN4O4. The molecule has 1 unspecified atom stereocenters. The Morgan fingerprint density at radius 3 is 2.52 bits per heavy atom. The average molecular weight is 435 g/mol. The Labute approximate surface area is 181 Å². The van der Waals surface area contributed by atoms with Crippen molar-refractivity contribution in [3.63, 3.8) is 0 Å². The van der Waals surface area contributed by atoms with E-state index in [2.05, 4.69) is 10.2 Å². The molecular weight excluding hydrogens is 420 g/mol. The van der Waals surface area contributed by atoms with E-state index in [-0.39, 0.29) is 18.1 Å². The molecule has 0 fully saturated rings. The van der Waals surface area contributed by atoms with Gasteiger partial charge in [-0.3, -0.25) is 20.0 Å². The smallest absolute Gasteiger partial charge is 0.273 e. The summed E-state index contributed by atoms with van der Waals surface area (Å²) < 4.78 is 5.46. The van der Waals surface area contributed by atoms with Crippen molar-refractivity contribution in [2.75, 3.05) is 0 Å². The third-order valence-electron chi connectivity index (χ3n) is 5.31. The number of halogens is 1. The van der Waals surface area contributed by atoms with Crippen molar-refractivity contribution in [3.8, 4) is 11.3 Å². The average Bonchev–Trinajstić information content (AvgIpc) is 3.49. The summed E-state index contributed by atoms with van der Waals surface area (Å²) in [6.07, 6.45) is 1.55. The molecule has 2 aromatic heterocycles. The molecule has 0 saturated heterocycles. The van der Waals surface area contributed by atoms with Crippen molar-refractivity contribution in [2.24, 2.45) is 0 Å². The number of nitro groups is 1. The van der Waals surface area contributed by atoms with E-state index in [1.807, 2.05) is 12.1 Å². The fourth-order valence-corrected chi connectivity index (χ4v) is 4.01. The normalized spacial score (nSPS) is 15.3. The number of hydrogen-bond acceptors (Lipinski definition) is 5. The molecule has 2 aromatic carbocycles. The van der Waals surface area contributed by atoms with Crippen LogP contribution in [0.15, 0.2) is 71.3 Å². The standard InChI is InChI=1S/C22H15ClN4O4/c23-15-7-3-13(4-8-15)19-18-20(25-24-19)22(28)26(12-17-2-1-11-31-17)21(18)14-5-9-16(10-6-14)27(29)30/h1-11,21H,12H2,(H,24,25). The van der Waals surface area contributed by atoms with E-state index in [0.717, 1.165) is 11.1 Å². The van der Waals surface area contributed by atoms with E-state index in [1.165, 1.54) is 12.1 Å². The molecule has 4 aromatic rings. The number of furan rings is 1. The lowest BCUT2D eigenvalue weighted by Gasteiger charge is -2.25. The van der Waals surface area contributed by atoms with Gasteiger partial charge < -0.3 is 9.32 Å². The third kappa shape index (κ3) is 3.27. The SMILES string of the molecule is O=C1c2[nH]nc(-c3ccc(Cl)cc3)c2C(c2ccc([N+](=O)[O-])cc2)N1Cc1ccco1. The van der Waals surface area contributed by atoms with Crippen molar-refractivity contribution in [1.82, 2.24) is 15.1 Å². The Bertz CT molecular complexity index is 1260. The minimum Gasteiger partial charge on any atom is -0.467 e. The van der Waals surface area contributed by atoms with Crippen LogP contribution in [0.25, 0.3) is 11.3 Å². The van der Waals surface area contributed by atoms with Gasteiger partial charge >= 0.3 is 0 Å². The van der Waals surface area contributed by atoms with Gasteiger partial charge in [-0.15, -0.1) is 0 Å². The number of non-ortho nitro benzene ring substituents is 1. The van der Waals surface area contributed by atoms with Gasteiger partial charge in [0.05, 0.1) is 29.5 Å². The molecule has 1 aliphatic rings. The largest absolute Gasteiger partial charge is 0.467 e. The summed E-state index contributed by atoms with van der Waals surface area (Å²) in [6, 6.07) is 16.5. The predicted molar refractivity (Wildman–Crippen MR) is 113 cm³/mol. The topological polar surface area (TPSA) is 105 Å². The van der Waals surface area contributed by atoms with Crippen LogP contribution in [-0.2, 0) is 6.54 Å². The first-order valence-corrected chi connectivity index (χ1v) is 9.82. The van der Waals surface area contributed by atoms with Crippen molar-refractivity contribution < 1.29 is 14.1 Å². The second kappa shape index (κ2) is 7.41. The fourth-order valence-electron chi connectivity index (χ4n) is 3.88. The van der Waals surface area contributed by atoms with Gasteiger partial charge in [0.1, 0.15) is 11.5 Å². The monoisotopic (exact) mass is 434 g/mol. The number of aromatic nitrogens is 2. The van der Waals surface area contributed by atoms with Gasteiger partial charge in [-0.25, -0.2) is 0 Å². The minimum atomic E-state index is -0.488. The van der Waals surface area contributed by atoms with Crippen LogP contribution in [0.3, 0.4) is 0 Å². The zero-order valence-electron chi connectivity index (χ0n) is 16.0. The van der Waals surface area contributed by atoms with E-state index in [1.54, 1.807) is 47.6 Å². The number of fused-ring (bicyclic) bond motifs is 1. The second-order valence-corrected chi connectivity index (χ2v) is 7.57. The van der Waals surface area contributed by atoms with Crippen LogP contribution < -0.4 is 0 Å². The number of rotatable bonds is 5. The number of benzene rings is 2. The van der Waals surface area contributed by atoms with Crippen LogP contribution in [0.4, 0.5) is 5.69 Å². The highest BCUT2D eigenvalue weighted by atomic mass is 35.5. The maximum atomic E-state index is 13.3. The maximum absolute atomic E-state index is 13.3. The number of aromatic amines is 1. The summed E-state index contributed by atoms with van der Waals surface area (Å²) in [5, 5.41) is 19.0. The van der Waals surface area contributed by atoms with E-state index >= 15 is 0 Å². The number of nitrogens with zero attached hydrogens (tertiary/aromatic N) is 3. The molecule has 1 N–H and O–H groups in total. The summed E-state index contributed by atoms with van der Waals surface area (Å²) in [5.74, 6) is 0.411. The molecule has 8 nitrogen and oxygen atoms in total. The summed E-state index contributed by atoms with van der Waals surface area (Å²) in [6.45, 7) is 0.246. The molecule has 1 amide bonds. The zero-order valence-corrected chi connectivity index (χ0v) is 16.7. The van der Waals surface area contributed by atoms with Crippen LogP contribution in [0.1, 0.15) is 33.4 Å². The van der Waals surface area contributed by atoms with Gasteiger partial charge in [0, 0.05) is 28.3 Å². The maximum Gasteiger partial charge on any atom is 0.273 e. The molecule has 1 atom stereocenters. The predicted octanol–water partition coefficient (Wildman–Crippen LogP) is 4.98. The Balaban J connectivity index is 1.64. The Hall–Kier alpha value is -3.91. The number of carbonyl (C=O) groups excluding carboxylic acids is 1. The van der Waals surface area contributed by atoms with Crippen molar-refractivity contribution >= 4 is 23.2 Å². The van der Waals surface area contributed by atoms with Crippen LogP contribution in [-0.4, -0.2) is 25.9 Å². The molecule has 31 heavy (non-hydrogen) atoms. The quantitative estimate of drug-likeness (QED) is 0.352. The first kappa shape index (κ1) is 19.1. The van der Waals surface area contributed by atoms with Gasteiger partial charge in [-0.1, -0.05) is 23.7 Å². The van der Waals surface area contributed by atoms with E-state index in [0.29, 0.717) is 27.7 Å². The van der Waals surface area contributed by atoms with Gasteiger partial charge in [0.15, 0.2) is 0 Å². The number of hydrogen-bond donors (Lipinski definition) is 1. The summed E-state index contributed by atoms with van der Waals surface area (Å²) in [4.78, 5) is 25.6. The second-order valence-electron chi connectivity index (χ2n) is 7.13. The molecule has 0 aliphatic carbocycles. The lowest BCUT2D eigenvalue weighted by Crippen LogP contribution is -2.28. The minimum absolute atomic E-state index is 0.0176. The number of amides is 1. The van der Waals surface area contributed by atoms with Crippen LogP contribution in [0, 0.1) is 10.1 Å². The third-order valence-corrected chi connectivity index (χ3v) is 5.56. The lowest BCUT2D eigenvalue weighted by molar-refractivity contribution is -0.384. The summed E-state index contributed by atoms with van der Waals surface area (Å²) in [5.41, 5.74) is 3.26. The molecule has 3 heterocycles. The summed E-state index contributed by atoms with van der Waals surface area (Å²) in [7, 11) is 0. The lowest BCUT2D eigenvalue weighted by atomic mass is 9.96. The van der Waals surface area contributed by atoms with Gasteiger partial charge in [-0.2, -0.15) is 5.10 Å². The Morgan fingerprint density at radius 2 is 1.87 bits per heavy atom. The Morgan fingerprint density at radius 1 is 1.13 bits per heavy atom. The molecule has 154 valence electrons. The van der Waals surface area contributed by atoms with Gasteiger partial charge in [0.25, 0.3) is 11.6 Å². The highest BCUT2D eigenvalue weighted by molar-refractivity contribution is 6.30. The summed E-state index contributed by atoms with van der Waals surface area (Å²) >= 11 is 6.03. The Kier molecular flexibility index (Phi) is 4.56. The molecule has 5 rings (SSSR count). The van der Waals surface area contributed by atoms with Crippen molar-refractivity contribution in [1.29, 1.82) is 0 Å². The first-order chi connectivity index (χ1) is 15.0. The van der Waals surface area contributed by atoms with Crippen molar-refractivity contribution in [3.05, 3.63) is 105 Å². The van der Waals surface area contributed by atoms with Gasteiger partial charge in [-0.05, 0) is 42.0 Å². The van der Waals surface area contributed by atoms with E-state index in [4.69, 9.17) is 16.0 Å². The number of carbonyl (C=O) groups is 1. The van der Waals surface area contributed by atoms with Crippen LogP contribution in [0.5, 0.6) is 0 Å². The van der Waals surface area contributed by atoms with E-state index < -0.39 is 11.0 Å². The first-order valence-electron chi connectivity index (χ1n) is 9.45.